The molecule has 3 nitrogen and oxygen atoms in total. The first kappa shape index (κ1) is 13.2. The van der Waals surface area contributed by atoms with E-state index in [0.717, 1.165) is 0 Å². The van der Waals surface area contributed by atoms with Crippen molar-refractivity contribution in [2.75, 3.05) is 6.61 Å². The van der Waals surface area contributed by atoms with Gasteiger partial charge in [0.2, 0.25) is 5.82 Å². The van der Waals surface area contributed by atoms with Gasteiger partial charge in [-0.15, -0.1) is 0 Å². The van der Waals surface area contributed by atoms with Gasteiger partial charge in [0.05, 0.1) is 5.56 Å². The van der Waals surface area contributed by atoms with Gasteiger partial charge < -0.3 is 10.5 Å². The summed E-state index contributed by atoms with van der Waals surface area (Å²) in [7, 11) is 0. The number of hydrogen-bond acceptors (Lipinski definition) is 2. The number of nitrogens with two attached hydrogens (primary N) is 1. The predicted octanol–water partition coefficient (Wildman–Crippen LogP) is 1.85. The highest BCUT2D eigenvalue weighted by molar-refractivity contribution is 5.93. The molecular formula is C9H6F5NO2. The Morgan fingerprint density at radius 1 is 1.29 bits per heavy atom. The maximum Gasteiger partial charge on any atom is 0.272 e. The average molecular weight is 255 g/mol. The molecule has 0 radical (unpaired) electrons. The molecule has 8 heteroatoms. The van der Waals surface area contributed by atoms with Crippen molar-refractivity contribution in [3.63, 3.8) is 0 Å². The largest absolute Gasteiger partial charge is 0.481 e. The Balaban J connectivity index is 3.22. The van der Waals surface area contributed by atoms with Crippen LogP contribution in [0.5, 0.6) is 5.75 Å². The highest BCUT2D eigenvalue weighted by Gasteiger charge is 2.23. The third-order valence-corrected chi connectivity index (χ3v) is 1.74. The zero-order valence-corrected chi connectivity index (χ0v) is 8.15. The van der Waals surface area contributed by atoms with Crippen molar-refractivity contribution in [1.82, 2.24) is 0 Å². The molecule has 0 aliphatic heterocycles. The molecule has 1 aromatic carbocycles. The van der Waals surface area contributed by atoms with Crippen LogP contribution in [0.4, 0.5) is 22.0 Å². The van der Waals surface area contributed by atoms with Crippen LogP contribution < -0.4 is 10.5 Å². The van der Waals surface area contributed by atoms with Crippen molar-refractivity contribution in [1.29, 1.82) is 0 Å². The van der Waals surface area contributed by atoms with E-state index in [1.807, 2.05) is 0 Å². The molecule has 17 heavy (non-hydrogen) atoms. The molecule has 0 atom stereocenters. The van der Waals surface area contributed by atoms with Crippen molar-refractivity contribution < 1.29 is 31.5 Å². The minimum absolute atomic E-state index is 0.224. The van der Waals surface area contributed by atoms with Crippen LogP contribution in [0.2, 0.25) is 0 Å². The normalized spacial score (nSPS) is 10.7. The van der Waals surface area contributed by atoms with Crippen LogP contribution >= 0.6 is 0 Å². The smallest absolute Gasteiger partial charge is 0.272 e. The molecule has 0 aromatic heterocycles. The van der Waals surface area contributed by atoms with Crippen LogP contribution in [-0.4, -0.2) is 18.9 Å². The quantitative estimate of drug-likeness (QED) is 0.659. The van der Waals surface area contributed by atoms with Crippen LogP contribution in [0.1, 0.15) is 10.4 Å². The number of rotatable bonds is 4. The number of ether oxygens (including phenoxy) is 1. The van der Waals surface area contributed by atoms with Crippen molar-refractivity contribution in [3.05, 3.63) is 29.1 Å². The molecular weight excluding hydrogens is 249 g/mol. The zero-order chi connectivity index (χ0) is 13.2. The minimum atomic E-state index is -3.01. The lowest BCUT2D eigenvalue weighted by molar-refractivity contribution is 0.0770. The van der Waals surface area contributed by atoms with Gasteiger partial charge in [-0.3, -0.25) is 4.79 Å². The first-order valence-electron chi connectivity index (χ1n) is 4.22. The SMILES string of the molecule is NC(=O)c1cc(F)c(F)c(OCC(F)F)c1F. The minimum Gasteiger partial charge on any atom is -0.481 e. The third kappa shape index (κ3) is 2.83. The number of carbonyl (C=O) groups excluding carboxylic acids is 1. The highest BCUT2D eigenvalue weighted by atomic mass is 19.3. The van der Waals surface area contributed by atoms with E-state index >= 15 is 0 Å². The average Bonchev–Trinajstić information content (AvgIpc) is 2.22. The summed E-state index contributed by atoms with van der Waals surface area (Å²) in [5.41, 5.74) is 3.71. The Morgan fingerprint density at radius 2 is 1.88 bits per heavy atom. The molecule has 0 unspecified atom stereocenters. The summed E-state index contributed by atoms with van der Waals surface area (Å²) in [6.45, 7) is -1.34. The maximum absolute atomic E-state index is 13.3. The molecule has 0 aliphatic carbocycles. The molecule has 0 aliphatic rings. The van der Waals surface area contributed by atoms with Gasteiger partial charge in [-0.05, 0) is 6.07 Å². The van der Waals surface area contributed by atoms with E-state index in [2.05, 4.69) is 10.5 Å². The molecule has 1 amide bonds. The first-order valence-corrected chi connectivity index (χ1v) is 4.22. The van der Waals surface area contributed by atoms with E-state index < -0.39 is 47.7 Å². The van der Waals surface area contributed by atoms with E-state index in [1.54, 1.807) is 0 Å². The maximum atomic E-state index is 13.3. The standard InChI is InChI=1S/C9H6F5NO2/c10-4-1-3(9(15)16)6(13)8(7(4)14)17-2-5(11)12/h1,5H,2H2,(H2,15,16). The van der Waals surface area contributed by atoms with Crippen LogP contribution in [0.25, 0.3) is 0 Å². The van der Waals surface area contributed by atoms with Gasteiger partial charge in [-0.1, -0.05) is 0 Å². The number of primary amides is 1. The van der Waals surface area contributed by atoms with Gasteiger partial charge in [0.15, 0.2) is 17.4 Å². The van der Waals surface area contributed by atoms with Crippen molar-refractivity contribution in [3.8, 4) is 5.75 Å². The molecule has 0 heterocycles. The number of benzene rings is 1. The fourth-order valence-corrected chi connectivity index (χ4v) is 1.03. The van der Waals surface area contributed by atoms with Gasteiger partial charge in [0.25, 0.3) is 12.3 Å². The first-order chi connectivity index (χ1) is 7.84. The van der Waals surface area contributed by atoms with Crippen molar-refractivity contribution >= 4 is 5.91 Å². The van der Waals surface area contributed by atoms with Gasteiger partial charge >= 0.3 is 0 Å². The Bertz CT molecular complexity index is 450. The van der Waals surface area contributed by atoms with Gasteiger partial charge in [-0.2, -0.15) is 4.39 Å². The second-order valence-corrected chi connectivity index (χ2v) is 2.93. The Kier molecular flexibility index (Phi) is 3.87. The monoisotopic (exact) mass is 255 g/mol. The van der Waals surface area contributed by atoms with E-state index in [-0.39, 0.29) is 6.07 Å². The lowest BCUT2D eigenvalue weighted by atomic mass is 10.1. The third-order valence-electron chi connectivity index (χ3n) is 1.74. The van der Waals surface area contributed by atoms with E-state index in [1.165, 1.54) is 0 Å². The second kappa shape index (κ2) is 4.98. The van der Waals surface area contributed by atoms with Gasteiger partial charge in [0, 0.05) is 0 Å². The molecule has 2 N–H and O–H groups in total. The molecule has 0 fully saturated rings. The molecule has 0 saturated heterocycles. The fourth-order valence-electron chi connectivity index (χ4n) is 1.03. The Hall–Kier alpha value is -1.86. The summed E-state index contributed by atoms with van der Waals surface area (Å²) >= 11 is 0. The van der Waals surface area contributed by atoms with Crippen molar-refractivity contribution in [2.24, 2.45) is 5.73 Å². The van der Waals surface area contributed by atoms with Gasteiger partial charge in [0.1, 0.15) is 6.61 Å². The summed E-state index contributed by atoms with van der Waals surface area (Å²) in [6, 6.07) is 0.224. The van der Waals surface area contributed by atoms with E-state index in [9.17, 15) is 26.7 Å². The predicted molar refractivity (Wildman–Crippen MR) is 46.3 cm³/mol. The Labute approximate surface area is 92.0 Å². The molecule has 0 saturated carbocycles. The lowest BCUT2D eigenvalue weighted by Crippen LogP contribution is -2.17. The van der Waals surface area contributed by atoms with Crippen LogP contribution in [0.3, 0.4) is 0 Å². The summed E-state index contributed by atoms with van der Waals surface area (Å²) in [5, 5.41) is 0. The fraction of sp³-hybridized carbons (Fsp3) is 0.222. The number of amides is 1. The number of hydrogen-bond donors (Lipinski definition) is 1. The van der Waals surface area contributed by atoms with Gasteiger partial charge in [-0.25, -0.2) is 17.6 Å². The summed E-state index contributed by atoms with van der Waals surface area (Å²) in [6.07, 6.45) is -3.01. The summed E-state index contributed by atoms with van der Waals surface area (Å²) < 4.78 is 66.9. The number of carbonyl (C=O) groups is 1. The zero-order valence-electron chi connectivity index (χ0n) is 8.15. The molecule has 0 spiro atoms. The van der Waals surface area contributed by atoms with Crippen LogP contribution in [-0.2, 0) is 0 Å². The molecule has 0 bridgehead atoms. The van der Waals surface area contributed by atoms with Crippen molar-refractivity contribution in [2.45, 2.75) is 6.43 Å². The van der Waals surface area contributed by atoms with E-state index in [0.29, 0.717) is 0 Å². The Morgan fingerprint density at radius 3 is 2.35 bits per heavy atom. The van der Waals surface area contributed by atoms with E-state index in [4.69, 9.17) is 0 Å². The number of halogens is 5. The van der Waals surface area contributed by atoms with Crippen LogP contribution in [0.15, 0.2) is 6.07 Å². The molecule has 94 valence electrons. The molecule has 1 aromatic rings. The summed E-state index contributed by atoms with van der Waals surface area (Å²) in [4.78, 5) is 10.7. The molecule has 1 rings (SSSR count). The lowest BCUT2D eigenvalue weighted by Gasteiger charge is -2.10. The highest BCUT2D eigenvalue weighted by Crippen LogP contribution is 2.27. The van der Waals surface area contributed by atoms with Crippen LogP contribution in [0, 0.1) is 17.5 Å². The number of alkyl halides is 2. The topological polar surface area (TPSA) is 52.3 Å². The second-order valence-electron chi connectivity index (χ2n) is 2.93. The summed E-state index contributed by atoms with van der Waals surface area (Å²) in [5.74, 6) is -7.79.